The number of esters is 1. The third-order valence-corrected chi connectivity index (χ3v) is 11.8. The number of ether oxygens (including phenoxy) is 4. The minimum absolute atomic E-state index is 0.0258. The number of nitrogens with zero attached hydrogens (tertiary/aromatic N) is 1. The lowest BCUT2D eigenvalue weighted by Gasteiger charge is -2.47. The Bertz CT molecular complexity index is 1650. The van der Waals surface area contributed by atoms with E-state index >= 15 is 0 Å². The molecule has 1 aromatic heterocycles. The zero-order chi connectivity index (χ0) is 41.7. The van der Waals surface area contributed by atoms with Crippen LogP contribution in [0.25, 0.3) is 11.3 Å². The van der Waals surface area contributed by atoms with Crippen LogP contribution in [0.2, 0.25) is 0 Å². The molecule has 2 fully saturated rings. The van der Waals surface area contributed by atoms with Crippen molar-refractivity contribution in [1.82, 2.24) is 10.2 Å². The maximum absolute atomic E-state index is 14.2. The summed E-state index contributed by atoms with van der Waals surface area (Å²) >= 11 is 0. The average molecular weight is 787 g/mol. The number of hydrogen-bond donors (Lipinski definition) is 4. The van der Waals surface area contributed by atoms with Crippen LogP contribution in [0.1, 0.15) is 73.3 Å². The van der Waals surface area contributed by atoms with Crippen LogP contribution in [0.5, 0.6) is 0 Å². The van der Waals surface area contributed by atoms with Crippen LogP contribution in [0.3, 0.4) is 0 Å². The van der Waals surface area contributed by atoms with Gasteiger partial charge in [0.05, 0.1) is 36.6 Å². The van der Waals surface area contributed by atoms with Crippen molar-refractivity contribution in [3.05, 3.63) is 48.2 Å². The molecule has 4 unspecified atom stereocenters. The first kappa shape index (κ1) is 45.2. The van der Waals surface area contributed by atoms with E-state index in [1.165, 1.54) is 27.9 Å². The van der Waals surface area contributed by atoms with E-state index in [0.29, 0.717) is 12.2 Å². The molecule has 0 aliphatic carbocycles. The second-order valence-corrected chi connectivity index (χ2v) is 16.4. The van der Waals surface area contributed by atoms with Gasteiger partial charge in [0.1, 0.15) is 35.3 Å². The molecule has 0 spiro atoms. The number of amides is 1. The lowest BCUT2D eigenvalue weighted by molar-refractivity contribution is -0.295. The summed E-state index contributed by atoms with van der Waals surface area (Å²) in [5.41, 5.74) is -1.96. The standard InChI is InChI=1S/C42H62N2O12/c1-23-22-41(6,52-10)38(56-40-36(48)30(44(8)9)19-24(2)54-40)26(4)35(47)27(5)39(50)55-32(42(7,51)37(49)25(3)34(23)46)16-17-43-33(45)21-28-13-11-14-29(20-28)31-15-12-18-53-31/h11-15,18,20,23-27,30,32,36-38,40,48-49,51H,16-17,19,21-22H2,1-10H3,(H,43,45)/t23-,24?,25+,26+,27-,30?,32-,36?,37-,38-,40?,41-,42-/m1/s1. The Morgan fingerprint density at radius 1 is 1.00 bits per heavy atom. The molecule has 14 nitrogen and oxygen atoms in total. The first-order chi connectivity index (χ1) is 26.2. The van der Waals surface area contributed by atoms with Crippen molar-refractivity contribution in [3.63, 3.8) is 0 Å². The second-order valence-electron chi connectivity index (χ2n) is 16.4. The van der Waals surface area contributed by atoms with Gasteiger partial charge in [0.2, 0.25) is 5.91 Å². The highest BCUT2D eigenvalue weighted by Gasteiger charge is 2.52. The van der Waals surface area contributed by atoms with Gasteiger partial charge < -0.3 is 48.9 Å². The smallest absolute Gasteiger partial charge is 0.316 e. The first-order valence-corrected chi connectivity index (χ1v) is 19.5. The quantitative estimate of drug-likeness (QED) is 0.203. The molecule has 0 radical (unpaired) electrons. The molecule has 1 amide bonds. The highest BCUT2D eigenvalue weighted by Crippen LogP contribution is 2.38. The highest BCUT2D eigenvalue weighted by atomic mass is 16.7. The molecule has 2 aliphatic heterocycles. The summed E-state index contributed by atoms with van der Waals surface area (Å²) in [5.74, 6) is -5.94. The van der Waals surface area contributed by atoms with E-state index in [1.54, 1.807) is 33.1 Å². The molecule has 3 heterocycles. The molecule has 13 atom stereocenters. The number of benzene rings is 1. The average Bonchev–Trinajstić information content (AvgIpc) is 3.70. The van der Waals surface area contributed by atoms with Crippen LogP contribution in [0, 0.1) is 23.7 Å². The fourth-order valence-corrected chi connectivity index (χ4v) is 8.16. The van der Waals surface area contributed by atoms with Crippen LogP contribution >= 0.6 is 0 Å². The number of rotatable bonds is 10. The fourth-order valence-electron chi connectivity index (χ4n) is 8.16. The Labute approximate surface area is 330 Å². The lowest BCUT2D eigenvalue weighted by Crippen LogP contribution is -2.60. The number of aliphatic hydroxyl groups excluding tert-OH is 2. The molecule has 56 heavy (non-hydrogen) atoms. The SMILES string of the molecule is CO[C@]1(C)C[C@@H](C)C(=O)[C@H](C)[C@@H](O)[C@](C)(O)[C@@H](CCNC(=O)Cc2cccc(-c3ccco3)c2)OC(=O)[C@H](C)C(=O)[C@H](C)[C@H]1OC1OC(C)CC(N(C)C)C1O. The van der Waals surface area contributed by atoms with Gasteiger partial charge >= 0.3 is 5.97 Å². The molecular formula is C42H62N2O12. The first-order valence-electron chi connectivity index (χ1n) is 19.5. The largest absolute Gasteiger partial charge is 0.464 e. The Morgan fingerprint density at radius 3 is 2.32 bits per heavy atom. The van der Waals surface area contributed by atoms with E-state index in [1.807, 2.05) is 56.3 Å². The molecule has 2 aromatic rings. The van der Waals surface area contributed by atoms with Crippen molar-refractivity contribution < 1.29 is 57.9 Å². The van der Waals surface area contributed by atoms with Gasteiger partial charge in [-0.3, -0.25) is 19.2 Å². The minimum Gasteiger partial charge on any atom is -0.464 e. The summed E-state index contributed by atoms with van der Waals surface area (Å²) in [4.78, 5) is 56.9. The van der Waals surface area contributed by atoms with E-state index in [-0.39, 0.29) is 43.9 Å². The van der Waals surface area contributed by atoms with Gasteiger partial charge in [-0.15, -0.1) is 0 Å². The fraction of sp³-hybridized carbons (Fsp3) is 0.667. The lowest BCUT2D eigenvalue weighted by atomic mass is 9.74. The van der Waals surface area contributed by atoms with Crippen LogP contribution in [-0.4, -0.2) is 125 Å². The molecule has 2 aliphatic rings. The number of carbonyl (C=O) groups is 4. The van der Waals surface area contributed by atoms with Gasteiger partial charge in [0.15, 0.2) is 12.1 Å². The van der Waals surface area contributed by atoms with Crippen LogP contribution in [-0.2, 0) is 44.5 Å². The molecule has 0 bridgehead atoms. The predicted octanol–water partition coefficient (Wildman–Crippen LogP) is 3.32. The number of aliphatic hydroxyl groups is 3. The zero-order valence-corrected chi connectivity index (χ0v) is 34.4. The van der Waals surface area contributed by atoms with Gasteiger partial charge in [-0.2, -0.15) is 0 Å². The van der Waals surface area contributed by atoms with Gasteiger partial charge in [-0.05, 0) is 78.4 Å². The number of furan rings is 1. The molecule has 312 valence electrons. The number of ketones is 2. The number of nitrogens with one attached hydrogen (secondary N) is 1. The highest BCUT2D eigenvalue weighted by molar-refractivity contribution is 6.00. The summed E-state index contributed by atoms with van der Waals surface area (Å²) in [6, 6.07) is 10.6. The van der Waals surface area contributed by atoms with Crippen molar-refractivity contribution in [2.24, 2.45) is 23.7 Å². The molecule has 0 saturated carbocycles. The van der Waals surface area contributed by atoms with Crippen LogP contribution in [0.4, 0.5) is 0 Å². The van der Waals surface area contributed by atoms with Crippen molar-refractivity contribution in [1.29, 1.82) is 0 Å². The Balaban J connectivity index is 1.59. The predicted molar refractivity (Wildman–Crippen MR) is 206 cm³/mol. The third-order valence-electron chi connectivity index (χ3n) is 11.8. The molecule has 2 saturated heterocycles. The minimum atomic E-state index is -2.17. The molecule has 14 heteroatoms. The number of carbonyl (C=O) groups excluding carboxylic acids is 4. The molecular weight excluding hydrogens is 724 g/mol. The number of cyclic esters (lactones) is 1. The van der Waals surface area contributed by atoms with Gasteiger partial charge in [0, 0.05) is 49.4 Å². The van der Waals surface area contributed by atoms with Gasteiger partial charge in [0.25, 0.3) is 0 Å². The number of methoxy groups -OCH3 is 1. The summed E-state index contributed by atoms with van der Waals surface area (Å²) in [6.07, 6.45) is -4.78. The normalized spacial score (nSPS) is 36.5. The van der Waals surface area contributed by atoms with E-state index in [0.717, 1.165) is 11.1 Å². The monoisotopic (exact) mass is 786 g/mol. The van der Waals surface area contributed by atoms with Crippen molar-refractivity contribution >= 4 is 23.4 Å². The Kier molecular flexibility index (Phi) is 15.2. The van der Waals surface area contributed by atoms with Crippen molar-refractivity contribution in [3.8, 4) is 11.3 Å². The summed E-state index contributed by atoms with van der Waals surface area (Å²) in [7, 11) is 5.11. The van der Waals surface area contributed by atoms with Crippen molar-refractivity contribution in [2.45, 2.75) is 128 Å². The summed E-state index contributed by atoms with van der Waals surface area (Å²) < 4.78 is 29.9. The Morgan fingerprint density at radius 2 is 1.70 bits per heavy atom. The number of hydrogen-bond acceptors (Lipinski definition) is 13. The molecule has 1 aromatic carbocycles. The van der Waals surface area contributed by atoms with E-state index in [2.05, 4.69) is 5.32 Å². The molecule has 4 N–H and O–H groups in total. The molecule has 4 rings (SSSR count). The second kappa shape index (κ2) is 18.8. The summed E-state index contributed by atoms with van der Waals surface area (Å²) in [6.45, 7) is 10.9. The maximum Gasteiger partial charge on any atom is 0.316 e. The number of Topliss-reactive ketones (excluding diaryl/α,β-unsaturated/α-hetero) is 2. The van der Waals surface area contributed by atoms with E-state index < -0.39 is 83.1 Å². The summed E-state index contributed by atoms with van der Waals surface area (Å²) in [5, 5.41) is 37.6. The van der Waals surface area contributed by atoms with E-state index in [9.17, 15) is 34.5 Å². The maximum atomic E-state index is 14.2. The van der Waals surface area contributed by atoms with Gasteiger partial charge in [-0.25, -0.2) is 0 Å². The Hall–Kier alpha value is -3.50. The number of likely N-dealkylation sites (N-methyl/N-ethyl adjacent to an activating group) is 1. The van der Waals surface area contributed by atoms with Crippen LogP contribution < -0.4 is 5.32 Å². The topological polar surface area (TPSA) is 194 Å². The third kappa shape index (κ3) is 10.3. The van der Waals surface area contributed by atoms with E-state index in [4.69, 9.17) is 23.4 Å². The van der Waals surface area contributed by atoms with Crippen molar-refractivity contribution in [2.75, 3.05) is 27.7 Å². The van der Waals surface area contributed by atoms with Gasteiger partial charge in [-0.1, -0.05) is 39.0 Å². The zero-order valence-electron chi connectivity index (χ0n) is 34.4. The van der Waals surface area contributed by atoms with Crippen LogP contribution in [0.15, 0.2) is 47.1 Å².